The second-order valence-electron chi connectivity index (χ2n) is 8.83. The van der Waals surface area contributed by atoms with Crippen molar-refractivity contribution in [3.05, 3.63) is 40.9 Å². The molecule has 5 aliphatic rings. The molecule has 0 aromatic carbocycles. The van der Waals surface area contributed by atoms with Gasteiger partial charge in [0.1, 0.15) is 6.04 Å². The van der Waals surface area contributed by atoms with Crippen LogP contribution < -0.4 is 0 Å². The SMILES string of the molecule is C[C@]12CCC3C(C=CC4=CC(N=O)CC[C@@H]43)C1CC[C@@]21C=CCO1. The van der Waals surface area contributed by atoms with Gasteiger partial charge in [-0.2, -0.15) is 4.91 Å². The van der Waals surface area contributed by atoms with Gasteiger partial charge in [0.05, 0.1) is 12.2 Å². The first-order chi connectivity index (χ1) is 11.7. The van der Waals surface area contributed by atoms with Crippen molar-refractivity contribution in [2.45, 2.75) is 57.1 Å². The average Bonchev–Trinajstić information content (AvgIpc) is 3.21. The first-order valence-corrected chi connectivity index (χ1v) is 9.71. The molecule has 5 rings (SSSR count). The van der Waals surface area contributed by atoms with Gasteiger partial charge in [-0.25, -0.2) is 0 Å². The third-order valence-electron chi connectivity index (χ3n) is 8.14. The normalized spacial score (nSPS) is 51.9. The maximum Gasteiger partial charge on any atom is 0.111 e. The number of nitroso groups, excluding NO2 is 1. The van der Waals surface area contributed by atoms with E-state index in [0.717, 1.165) is 31.3 Å². The van der Waals surface area contributed by atoms with E-state index in [4.69, 9.17) is 4.74 Å². The van der Waals surface area contributed by atoms with Crippen molar-refractivity contribution < 1.29 is 4.74 Å². The molecule has 24 heavy (non-hydrogen) atoms. The predicted molar refractivity (Wildman–Crippen MR) is 94.4 cm³/mol. The van der Waals surface area contributed by atoms with Crippen LogP contribution in [0.4, 0.5) is 0 Å². The maximum absolute atomic E-state index is 10.9. The van der Waals surface area contributed by atoms with Crippen LogP contribution in [0.15, 0.2) is 41.1 Å². The smallest absolute Gasteiger partial charge is 0.111 e. The van der Waals surface area contributed by atoms with E-state index in [1.165, 1.54) is 31.3 Å². The minimum absolute atomic E-state index is 0.00565. The first-order valence-electron chi connectivity index (χ1n) is 9.71. The molecule has 2 saturated carbocycles. The minimum atomic E-state index is -0.0990. The van der Waals surface area contributed by atoms with E-state index in [1.807, 2.05) is 0 Å². The molecule has 0 aromatic rings. The Hall–Kier alpha value is -1.22. The van der Waals surface area contributed by atoms with Gasteiger partial charge in [0.2, 0.25) is 0 Å². The number of allylic oxidation sites excluding steroid dienone is 3. The van der Waals surface area contributed by atoms with Crippen LogP contribution in [0.5, 0.6) is 0 Å². The van der Waals surface area contributed by atoms with Gasteiger partial charge in [0.25, 0.3) is 0 Å². The number of nitrogens with zero attached hydrogens (tertiary/aromatic N) is 1. The molecule has 0 radical (unpaired) electrons. The summed E-state index contributed by atoms with van der Waals surface area (Å²) < 4.78 is 6.30. The van der Waals surface area contributed by atoms with Gasteiger partial charge in [-0.05, 0) is 67.8 Å². The van der Waals surface area contributed by atoms with E-state index >= 15 is 0 Å². The Morgan fingerprint density at radius 2 is 2.12 bits per heavy atom. The van der Waals surface area contributed by atoms with E-state index in [1.54, 1.807) is 0 Å². The van der Waals surface area contributed by atoms with Crippen molar-refractivity contribution >= 4 is 0 Å². The molecular formula is C21H27NO2. The number of hydrogen-bond acceptors (Lipinski definition) is 3. The highest BCUT2D eigenvalue weighted by Crippen LogP contribution is 2.65. The van der Waals surface area contributed by atoms with E-state index in [-0.39, 0.29) is 17.1 Å². The van der Waals surface area contributed by atoms with Crippen molar-refractivity contribution in [2.24, 2.45) is 34.3 Å². The molecule has 0 saturated heterocycles. The highest BCUT2D eigenvalue weighted by atomic mass is 16.5. The van der Waals surface area contributed by atoms with Crippen LogP contribution in [0.2, 0.25) is 0 Å². The molecule has 3 heteroatoms. The molecule has 3 nitrogen and oxygen atoms in total. The molecule has 0 N–H and O–H groups in total. The van der Waals surface area contributed by atoms with Gasteiger partial charge in [0, 0.05) is 5.41 Å². The Labute approximate surface area is 144 Å². The fourth-order valence-corrected chi connectivity index (χ4v) is 6.89. The summed E-state index contributed by atoms with van der Waals surface area (Å²) in [5.41, 5.74) is 1.68. The van der Waals surface area contributed by atoms with Gasteiger partial charge >= 0.3 is 0 Å². The van der Waals surface area contributed by atoms with Crippen LogP contribution >= 0.6 is 0 Å². The summed E-state index contributed by atoms with van der Waals surface area (Å²) in [6.07, 6.45) is 18.7. The van der Waals surface area contributed by atoms with Crippen LogP contribution in [-0.2, 0) is 4.74 Å². The molecule has 1 heterocycles. The first kappa shape index (κ1) is 15.1. The van der Waals surface area contributed by atoms with Gasteiger partial charge in [0.15, 0.2) is 0 Å². The Bertz CT molecular complexity index is 650. The summed E-state index contributed by atoms with van der Waals surface area (Å²) in [4.78, 5) is 10.9. The third-order valence-corrected chi connectivity index (χ3v) is 8.14. The highest BCUT2D eigenvalue weighted by molar-refractivity contribution is 5.34. The Kier molecular flexibility index (Phi) is 3.23. The zero-order valence-corrected chi connectivity index (χ0v) is 14.5. The molecule has 0 bridgehead atoms. The minimum Gasteiger partial charge on any atom is -0.366 e. The molecule has 7 atom stereocenters. The monoisotopic (exact) mass is 325 g/mol. The molecule has 1 aliphatic heterocycles. The standard InChI is InChI=1S/C21H27NO2/c1-20-10-7-17-16-6-4-15(22-23)13-14(16)3-5-18(17)19(20)8-11-21(20)9-2-12-24-21/h2-3,5,9,13,15-19H,4,6-8,10-12H2,1H3/t15?,16-,17?,18?,19?,20-,21-/m0/s1. The largest absolute Gasteiger partial charge is 0.366 e. The fourth-order valence-electron chi connectivity index (χ4n) is 6.89. The Morgan fingerprint density at radius 3 is 2.92 bits per heavy atom. The quantitative estimate of drug-likeness (QED) is 0.513. The van der Waals surface area contributed by atoms with E-state index in [9.17, 15) is 4.91 Å². The topological polar surface area (TPSA) is 38.7 Å². The summed E-state index contributed by atoms with van der Waals surface area (Å²) in [5, 5.41) is 3.27. The van der Waals surface area contributed by atoms with E-state index < -0.39 is 0 Å². The van der Waals surface area contributed by atoms with Gasteiger partial charge < -0.3 is 4.74 Å². The zero-order valence-electron chi connectivity index (χ0n) is 14.5. The van der Waals surface area contributed by atoms with Crippen molar-refractivity contribution in [3.8, 4) is 0 Å². The number of rotatable bonds is 1. The molecular weight excluding hydrogens is 298 g/mol. The summed E-state index contributed by atoms with van der Waals surface area (Å²) in [6, 6.07) is -0.0990. The Balaban J connectivity index is 1.49. The van der Waals surface area contributed by atoms with Crippen molar-refractivity contribution in [1.29, 1.82) is 0 Å². The lowest BCUT2D eigenvalue weighted by atomic mass is 9.52. The number of hydrogen-bond donors (Lipinski definition) is 0. The van der Waals surface area contributed by atoms with Crippen LogP contribution in [0.25, 0.3) is 0 Å². The number of fused-ring (bicyclic) bond motifs is 6. The van der Waals surface area contributed by atoms with Crippen LogP contribution in [-0.4, -0.2) is 18.2 Å². The van der Waals surface area contributed by atoms with Crippen molar-refractivity contribution in [1.82, 2.24) is 0 Å². The third kappa shape index (κ3) is 1.82. The second-order valence-corrected chi connectivity index (χ2v) is 8.83. The van der Waals surface area contributed by atoms with Crippen LogP contribution in [0.3, 0.4) is 0 Å². The van der Waals surface area contributed by atoms with E-state index in [2.05, 4.69) is 42.5 Å². The molecule has 4 aliphatic carbocycles. The maximum atomic E-state index is 10.9. The van der Waals surface area contributed by atoms with Gasteiger partial charge in [-0.15, -0.1) is 0 Å². The zero-order chi connectivity index (χ0) is 16.4. The summed E-state index contributed by atoms with van der Waals surface area (Å²) in [6.45, 7) is 3.28. The van der Waals surface area contributed by atoms with E-state index in [0.29, 0.717) is 11.8 Å². The lowest BCUT2D eigenvalue weighted by Gasteiger charge is -2.54. The second kappa shape index (κ2) is 5.14. The number of ether oxygens (including phenoxy) is 1. The molecule has 4 unspecified atom stereocenters. The van der Waals surface area contributed by atoms with Gasteiger partial charge in [-0.3, -0.25) is 0 Å². The fraction of sp³-hybridized carbons (Fsp3) is 0.714. The molecule has 0 amide bonds. The molecule has 0 aromatic heterocycles. The Morgan fingerprint density at radius 1 is 1.21 bits per heavy atom. The van der Waals surface area contributed by atoms with Crippen LogP contribution in [0, 0.1) is 34.0 Å². The van der Waals surface area contributed by atoms with Crippen molar-refractivity contribution in [2.75, 3.05) is 6.61 Å². The predicted octanol–water partition coefficient (Wildman–Crippen LogP) is 4.80. The van der Waals surface area contributed by atoms with Crippen molar-refractivity contribution in [3.63, 3.8) is 0 Å². The summed E-state index contributed by atoms with van der Waals surface area (Å²) in [7, 11) is 0. The lowest BCUT2D eigenvalue weighted by molar-refractivity contribution is -0.0995. The molecule has 2 fully saturated rings. The molecule has 1 spiro atoms. The average molecular weight is 325 g/mol. The van der Waals surface area contributed by atoms with Crippen LogP contribution in [0.1, 0.15) is 45.4 Å². The lowest BCUT2D eigenvalue weighted by Crippen LogP contribution is -2.51. The summed E-state index contributed by atoms with van der Waals surface area (Å²) in [5.74, 6) is 2.83. The highest BCUT2D eigenvalue weighted by Gasteiger charge is 2.62. The molecule has 128 valence electrons. The van der Waals surface area contributed by atoms with Gasteiger partial charge in [-0.1, -0.05) is 42.5 Å². The summed E-state index contributed by atoms with van der Waals surface area (Å²) >= 11 is 0.